The minimum atomic E-state index is -0.479. The van der Waals surface area contributed by atoms with Gasteiger partial charge in [0, 0.05) is 73.9 Å². The summed E-state index contributed by atoms with van der Waals surface area (Å²) in [7, 11) is 0. The minimum absolute atomic E-state index is 0. The summed E-state index contributed by atoms with van der Waals surface area (Å²) in [6, 6.07) is 9.67. The fourth-order valence-corrected chi connectivity index (χ4v) is 7.84. The van der Waals surface area contributed by atoms with E-state index in [9.17, 15) is 4.79 Å². The molecule has 4 bridgehead atoms. The van der Waals surface area contributed by atoms with Crippen LogP contribution in [0.25, 0.3) is 0 Å². The molecule has 3 N–H and O–H groups in total. The number of hydrogen-bond acceptors (Lipinski definition) is 11. The van der Waals surface area contributed by atoms with E-state index in [4.69, 9.17) is 14.7 Å². The maximum atomic E-state index is 12.7. The Labute approximate surface area is 312 Å². The normalized spacial score (nSPS) is 22.2. The fraction of sp³-hybridized carbons (Fsp3) is 0.595. The van der Waals surface area contributed by atoms with Crippen LogP contribution >= 0.6 is 12.4 Å². The number of aryl methyl sites for hydroxylation is 4. The van der Waals surface area contributed by atoms with Crippen LogP contribution in [0.15, 0.2) is 24.3 Å². The van der Waals surface area contributed by atoms with Crippen LogP contribution in [0.4, 0.5) is 16.7 Å². The summed E-state index contributed by atoms with van der Waals surface area (Å²) in [6.07, 6.45) is 5.74. The third-order valence-corrected chi connectivity index (χ3v) is 9.90. The summed E-state index contributed by atoms with van der Waals surface area (Å²) in [5.74, 6) is 1.62. The van der Waals surface area contributed by atoms with Gasteiger partial charge in [0.25, 0.3) is 0 Å². The number of ether oxygens (including phenoxy) is 1. The molecule has 4 atom stereocenters. The molecule has 0 saturated carbocycles. The van der Waals surface area contributed by atoms with Crippen molar-refractivity contribution in [1.82, 2.24) is 50.5 Å². The monoisotopic (exact) mass is 732 g/mol. The smallest absolute Gasteiger partial charge is 0.410 e. The van der Waals surface area contributed by atoms with Gasteiger partial charge in [-0.25, -0.2) is 24.7 Å². The molecule has 4 aliphatic rings. The maximum Gasteiger partial charge on any atom is 0.410 e. The standard InChI is InChI=1S/C21H30N6O2.C16H22N6.ClH/c1-13-8-15(10-16-9-14(2)24-25-16)23-19(22-13)26-11-17-6-7-18(12-26)27(17)20(28)29-21(3,4)5;1-10-5-14(7-15-6-11(2)20-21-15)19-16(17-10)22-8-12-3-4-13(9-22)18-12;/h8-9,17-18H,6-7,10-12H2,1-5H3,(H,24,25);5-6,12-13,18H,3-4,7-9H2,1-2H3,(H,20,21);1H. The molecule has 0 aliphatic carbocycles. The van der Waals surface area contributed by atoms with Gasteiger partial charge in [-0.2, -0.15) is 10.2 Å². The lowest BCUT2D eigenvalue weighted by Crippen LogP contribution is -2.57. The van der Waals surface area contributed by atoms with Crippen LogP contribution in [0.2, 0.25) is 0 Å². The highest BCUT2D eigenvalue weighted by atomic mass is 35.5. The van der Waals surface area contributed by atoms with Crippen LogP contribution < -0.4 is 15.1 Å². The average Bonchev–Trinajstić information content (AvgIpc) is 3.81. The van der Waals surface area contributed by atoms with Gasteiger partial charge in [0.2, 0.25) is 11.9 Å². The van der Waals surface area contributed by atoms with Crippen LogP contribution in [0.3, 0.4) is 0 Å². The van der Waals surface area contributed by atoms with E-state index in [1.54, 1.807) is 0 Å². The molecule has 4 aromatic rings. The molecule has 1 amide bonds. The molecular formula is C37H53ClN12O2. The molecule has 8 rings (SSSR count). The summed E-state index contributed by atoms with van der Waals surface area (Å²) in [6.45, 7) is 17.3. The zero-order valence-corrected chi connectivity index (χ0v) is 32.3. The van der Waals surface area contributed by atoms with Gasteiger partial charge in [0.15, 0.2) is 0 Å². The van der Waals surface area contributed by atoms with Crippen LogP contribution in [0.1, 0.15) is 92.0 Å². The number of aromatic nitrogens is 8. The number of anilines is 2. The van der Waals surface area contributed by atoms with Crippen LogP contribution in [0, 0.1) is 27.7 Å². The zero-order chi connectivity index (χ0) is 35.9. The second-order valence-corrected chi connectivity index (χ2v) is 15.8. The lowest BCUT2D eigenvalue weighted by molar-refractivity contribution is 0.0122. The van der Waals surface area contributed by atoms with Crippen LogP contribution in [-0.2, 0) is 17.6 Å². The topological polar surface area (TPSA) is 157 Å². The summed E-state index contributed by atoms with van der Waals surface area (Å²) < 4.78 is 5.63. The van der Waals surface area contributed by atoms with Gasteiger partial charge < -0.3 is 19.9 Å². The molecule has 0 radical (unpaired) electrons. The molecule has 4 unspecified atom stereocenters. The van der Waals surface area contributed by atoms with Gasteiger partial charge in [-0.1, -0.05) is 0 Å². The second kappa shape index (κ2) is 15.4. The molecule has 14 nitrogen and oxygen atoms in total. The third-order valence-electron chi connectivity index (χ3n) is 9.90. The van der Waals surface area contributed by atoms with E-state index in [2.05, 4.69) is 57.6 Å². The van der Waals surface area contributed by atoms with Gasteiger partial charge >= 0.3 is 6.09 Å². The molecule has 280 valence electrons. The van der Waals surface area contributed by atoms with Crippen molar-refractivity contribution in [3.05, 3.63) is 69.8 Å². The number of halogens is 1. The van der Waals surface area contributed by atoms with Gasteiger partial charge in [-0.15, -0.1) is 12.4 Å². The summed E-state index contributed by atoms with van der Waals surface area (Å²) >= 11 is 0. The number of nitrogens with zero attached hydrogens (tertiary/aromatic N) is 9. The molecule has 0 spiro atoms. The number of carbonyl (C=O) groups is 1. The van der Waals surface area contributed by atoms with E-state index < -0.39 is 5.60 Å². The van der Waals surface area contributed by atoms with E-state index in [0.29, 0.717) is 18.5 Å². The van der Waals surface area contributed by atoms with Crippen molar-refractivity contribution in [3.63, 3.8) is 0 Å². The van der Waals surface area contributed by atoms with Crippen molar-refractivity contribution in [2.45, 2.75) is 117 Å². The van der Waals surface area contributed by atoms with E-state index in [0.717, 1.165) is 103 Å². The molecule has 0 aromatic carbocycles. The Bertz CT molecular complexity index is 1830. The van der Waals surface area contributed by atoms with Crippen LogP contribution in [-0.4, -0.2) is 107 Å². The average molecular weight is 733 g/mol. The Hall–Kier alpha value is -4.30. The molecule has 4 aliphatic heterocycles. The fourth-order valence-electron chi connectivity index (χ4n) is 7.84. The molecule has 8 heterocycles. The van der Waals surface area contributed by atoms with E-state index >= 15 is 0 Å². The number of amides is 1. The number of aromatic amines is 2. The third kappa shape index (κ3) is 9.00. The highest BCUT2D eigenvalue weighted by Gasteiger charge is 2.45. The highest BCUT2D eigenvalue weighted by molar-refractivity contribution is 5.85. The van der Waals surface area contributed by atoms with Crippen molar-refractivity contribution < 1.29 is 9.53 Å². The SMILES string of the molecule is Cc1cc(Cc2cc(C)[nH]n2)nc(N2CC3CCC(C2)N3)n1.Cc1cc(Cc2cc(C)[nH]n2)nc(N2CC3CCC(C2)N3C(=O)OC(C)(C)C)n1.Cl. The Morgan fingerprint density at radius 3 is 1.58 bits per heavy atom. The van der Waals surface area contributed by atoms with E-state index in [1.807, 2.05) is 65.5 Å². The molecule has 52 heavy (non-hydrogen) atoms. The predicted molar refractivity (Wildman–Crippen MR) is 202 cm³/mol. The van der Waals surface area contributed by atoms with Crippen molar-refractivity contribution in [2.24, 2.45) is 0 Å². The first-order valence-electron chi connectivity index (χ1n) is 18.3. The van der Waals surface area contributed by atoms with Crippen LogP contribution in [0.5, 0.6) is 0 Å². The quantitative estimate of drug-likeness (QED) is 0.251. The Balaban J connectivity index is 0.000000181. The zero-order valence-electron chi connectivity index (χ0n) is 31.4. The molecule has 4 fully saturated rings. The van der Waals surface area contributed by atoms with Gasteiger partial charge in [0.05, 0.1) is 34.9 Å². The number of carbonyl (C=O) groups excluding carboxylic acids is 1. The Kier molecular flexibility index (Phi) is 11.1. The number of fused-ring (bicyclic) bond motifs is 4. The first-order chi connectivity index (χ1) is 24.3. The number of hydrogen-bond donors (Lipinski definition) is 3. The second-order valence-electron chi connectivity index (χ2n) is 15.8. The summed E-state index contributed by atoms with van der Waals surface area (Å²) in [4.78, 5) is 38.1. The summed E-state index contributed by atoms with van der Waals surface area (Å²) in [5, 5.41) is 18.2. The van der Waals surface area contributed by atoms with Gasteiger partial charge in [-0.05, 0) is 98.4 Å². The minimum Gasteiger partial charge on any atom is -0.444 e. The summed E-state index contributed by atoms with van der Waals surface area (Å²) in [5.41, 5.74) is 7.62. The van der Waals surface area contributed by atoms with Gasteiger partial charge in [-0.3, -0.25) is 15.1 Å². The lowest BCUT2D eigenvalue weighted by atomic mass is 10.2. The van der Waals surface area contributed by atoms with Crippen molar-refractivity contribution in [1.29, 1.82) is 0 Å². The van der Waals surface area contributed by atoms with Gasteiger partial charge in [0.1, 0.15) is 5.60 Å². The number of H-pyrrole nitrogens is 2. The number of rotatable bonds is 6. The number of piperazine rings is 2. The predicted octanol–water partition coefficient (Wildman–Crippen LogP) is 4.77. The molecule has 4 aromatic heterocycles. The van der Waals surface area contributed by atoms with Crippen molar-refractivity contribution in [3.8, 4) is 0 Å². The molecule has 4 saturated heterocycles. The molecular weight excluding hydrogens is 680 g/mol. The first-order valence-corrected chi connectivity index (χ1v) is 18.3. The lowest BCUT2D eigenvalue weighted by Gasteiger charge is -2.41. The highest BCUT2D eigenvalue weighted by Crippen LogP contribution is 2.33. The first kappa shape index (κ1) is 37.5. The Morgan fingerprint density at radius 2 is 1.15 bits per heavy atom. The van der Waals surface area contributed by atoms with Crippen molar-refractivity contribution >= 4 is 30.4 Å². The van der Waals surface area contributed by atoms with E-state index in [-0.39, 0.29) is 30.6 Å². The van der Waals surface area contributed by atoms with Crippen molar-refractivity contribution in [2.75, 3.05) is 36.0 Å². The molecule has 15 heteroatoms. The maximum absolute atomic E-state index is 12.7. The largest absolute Gasteiger partial charge is 0.444 e. The number of nitrogens with one attached hydrogen (secondary N) is 3. The Morgan fingerprint density at radius 1 is 0.692 bits per heavy atom. The van der Waals surface area contributed by atoms with E-state index in [1.165, 1.54) is 12.8 Å².